The molecule has 0 aromatic carbocycles. The lowest BCUT2D eigenvalue weighted by atomic mass is 10.1. The molecule has 1 aliphatic heterocycles. The van der Waals surface area contributed by atoms with Crippen LogP contribution in [-0.4, -0.2) is 58.9 Å². The summed E-state index contributed by atoms with van der Waals surface area (Å²) in [6, 6.07) is 0. The Hall–Kier alpha value is -0.430. The van der Waals surface area contributed by atoms with Crippen molar-refractivity contribution < 1.29 is 13.2 Å². The van der Waals surface area contributed by atoms with E-state index in [0.717, 1.165) is 19.4 Å². The van der Waals surface area contributed by atoms with E-state index in [9.17, 15) is 8.42 Å². The van der Waals surface area contributed by atoms with E-state index in [1.807, 2.05) is 13.1 Å². The second kappa shape index (κ2) is 7.89. The zero-order valence-electron chi connectivity index (χ0n) is 11.3. The van der Waals surface area contributed by atoms with Gasteiger partial charge in [-0.05, 0) is 38.4 Å². The Morgan fingerprint density at radius 2 is 2.22 bits per heavy atom. The van der Waals surface area contributed by atoms with Gasteiger partial charge in [0.05, 0.1) is 12.4 Å². The fourth-order valence-corrected chi connectivity index (χ4v) is 3.48. The van der Waals surface area contributed by atoms with Crippen LogP contribution in [-0.2, 0) is 14.8 Å². The van der Waals surface area contributed by atoms with E-state index in [1.54, 1.807) is 11.4 Å². The molecule has 0 amide bonds. The molecule has 106 valence electrons. The molecule has 0 bridgehead atoms. The van der Waals surface area contributed by atoms with Gasteiger partial charge in [-0.1, -0.05) is 6.08 Å². The van der Waals surface area contributed by atoms with Crippen molar-refractivity contribution in [1.82, 2.24) is 9.62 Å². The lowest BCUT2D eigenvalue weighted by Crippen LogP contribution is -2.37. The SMILES string of the molecule is CNCCCCS(=O)(=O)N1CC=C(COC)CC1. The number of sulfonamides is 1. The van der Waals surface area contributed by atoms with Gasteiger partial charge < -0.3 is 10.1 Å². The predicted molar refractivity (Wildman–Crippen MR) is 73.1 cm³/mol. The van der Waals surface area contributed by atoms with Gasteiger partial charge in [-0.15, -0.1) is 0 Å². The molecule has 0 aliphatic carbocycles. The molecule has 6 heteroatoms. The summed E-state index contributed by atoms with van der Waals surface area (Å²) in [5.74, 6) is 0.252. The Labute approximate surface area is 110 Å². The van der Waals surface area contributed by atoms with Crippen molar-refractivity contribution in [2.75, 3.05) is 46.2 Å². The summed E-state index contributed by atoms with van der Waals surface area (Å²) in [5, 5.41) is 3.02. The first kappa shape index (κ1) is 15.6. The zero-order chi connectivity index (χ0) is 13.4. The van der Waals surface area contributed by atoms with Crippen molar-refractivity contribution in [3.8, 4) is 0 Å². The van der Waals surface area contributed by atoms with E-state index >= 15 is 0 Å². The summed E-state index contributed by atoms with van der Waals surface area (Å²) < 4.78 is 30.7. The van der Waals surface area contributed by atoms with E-state index in [4.69, 9.17) is 4.74 Å². The van der Waals surface area contributed by atoms with Crippen LogP contribution < -0.4 is 5.32 Å². The third kappa shape index (κ3) is 5.06. The van der Waals surface area contributed by atoms with E-state index in [-0.39, 0.29) is 5.75 Å². The number of nitrogens with one attached hydrogen (secondary N) is 1. The Morgan fingerprint density at radius 1 is 1.44 bits per heavy atom. The summed E-state index contributed by atoms with van der Waals surface area (Å²) in [4.78, 5) is 0. The molecule has 0 aromatic rings. The van der Waals surface area contributed by atoms with Gasteiger partial charge in [-0.3, -0.25) is 0 Å². The smallest absolute Gasteiger partial charge is 0.214 e. The van der Waals surface area contributed by atoms with Crippen molar-refractivity contribution in [2.24, 2.45) is 0 Å². The minimum absolute atomic E-state index is 0.252. The van der Waals surface area contributed by atoms with Gasteiger partial charge in [0, 0.05) is 20.2 Å². The highest BCUT2D eigenvalue weighted by Gasteiger charge is 2.23. The molecule has 1 heterocycles. The van der Waals surface area contributed by atoms with Crippen LogP contribution in [0.2, 0.25) is 0 Å². The van der Waals surface area contributed by atoms with E-state index < -0.39 is 10.0 Å². The summed E-state index contributed by atoms with van der Waals surface area (Å²) >= 11 is 0. The zero-order valence-corrected chi connectivity index (χ0v) is 12.1. The lowest BCUT2D eigenvalue weighted by molar-refractivity contribution is 0.219. The van der Waals surface area contributed by atoms with Crippen LogP contribution in [0.15, 0.2) is 11.6 Å². The Bertz CT molecular complexity index is 366. The van der Waals surface area contributed by atoms with E-state index in [0.29, 0.717) is 26.1 Å². The standard InChI is InChI=1S/C12H24N2O3S/c1-13-7-3-4-10-18(15,16)14-8-5-12(6-9-14)11-17-2/h5,13H,3-4,6-11H2,1-2H3. The van der Waals surface area contributed by atoms with Crippen LogP contribution in [0.1, 0.15) is 19.3 Å². The molecule has 0 saturated carbocycles. The molecule has 18 heavy (non-hydrogen) atoms. The Kier molecular flexibility index (Phi) is 6.85. The minimum Gasteiger partial charge on any atom is -0.380 e. The lowest BCUT2D eigenvalue weighted by Gasteiger charge is -2.25. The van der Waals surface area contributed by atoms with Gasteiger partial charge in [0.15, 0.2) is 0 Å². The van der Waals surface area contributed by atoms with Crippen LogP contribution in [0.25, 0.3) is 0 Å². The third-order valence-electron chi connectivity index (χ3n) is 3.07. The molecule has 0 saturated heterocycles. The molecule has 0 spiro atoms. The second-order valence-corrected chi connectivity index (χ2v) is 6.62. The number of rotatable bonds is 8. The van der Waals surface area contributed by atoms with E-state index in [1.165, 1.54) is 5.57 Å². The largest absolute Gasteiger partial charge is 0.380 e. The maximum Gasteiger partial charge on any atom is 0.214 e. The molecular formula is C12H24N2O3S. The highest BCUT2D eigenvalue weighted by atomic mass is 32.2. The molecule has 1 aliphatic rings. The highest BCUT2D eigenvalue weighted by Crippen LogP contribution is 2.15. The number of hydrogen-bond acceptors (Lipinski definition) is 4. The van der Waals surface area contributed by atoms with Crippen LogP contribution >= 0.6 is 0 Å². The fraction of sp³-hybridized carbons (Fsp3) is 0.833. The highest BCUT2D eigenvalue weighted by molar-refractivity contribution is 7.89. The van der Waals surface area contributed by atoms with Gasteiger partial charge >= 0.3 is 0 Å². The van der Waals surface area contributed by atoms with Gasteiger partial charge in [0.1, 0.15) is 0 Å². The van der Waals surface area contributed by atoms with Gasteiger partial charge in [0.25, 0.3) is 0 Å². The van der Waals surface area contributed by atoms with Crippen LogP contribution in [0.5, 0.6) is 0 Å². The first-order valence-corrected chi connectivity index (χ1v) is 8.00. The molecule has 0 aromatic heterocycles. The fourth-order valence-electron chi connectivity index (χ4n) is 1.98. The summed E-state index contributed by atoms with van der Waals surface area (Å²) in [6.45, 7) is 2.56. The quantitative estimate of drug-likeness (QED) is 0.521. The number of unbranched alkanes of at least 4 members (excludes halogenated alkanes) is 1. The monoisotopic (exact) mass is 276 g/mol. The predicted octanol–water partition coefficient (Wildman–Crippen LogP) is 0.594. The summed E-state index contributed by atoms with van der Waals surface area (Å²) in [7, 11) is 0.453. The summed E-state index contributed by atoms with van der Waals surface area (Å²) in [5.41, 5.74) is 1.19. The maximum absolute atomic E-state index is 12.1. The average Bonchev–Trinajstić information content (AvgIpc) is 2.36. The van der Waals surface area contributed by atoms with Crippen LogP contribution in [0.3, 0.4) is 0 Å². The molecule has 0 fully saturated rings. The number of nitrogens with zero attached hydrogens (tertiary/aromatic N) is 1. The first-order valence-electron chi connectivity index (χ1n) is 6.39. The molecular weight excluding hydrogens is 252 g/mol. The maximum atomic E-state index is 12.1. The summed E-state index contributed by atoms with van der Waals surface area (Å²) in [6.07, 6.45) is 4.37. The molecule has 1 rings (SSSR count). The Morgan fingerprint density at radius 3 is 2.78 bits per heavy atom. The van der Waals surface area contributed by atoms with Crippen molar-refractivity contribution in [3.63, 3.8) is 0 Å². The topological polar surface area (TPSA) is 58.6 Å². The van der Waals surface area contributed by atoms with Crippen molar-refractivity contribution >= 4 is 10.0 Å². The van der Waals surface area contributed by atoms with Gasteiger partial charge in [-0.25, -0.2) is 8.42 Å². The van der Waals surface area contributed by atoms with Gasteiger partial charge in [-0.2, -0.15) is 4.31 Å². The van der Waals surface area contributed by atoms with Crippen molar-refractivity contribution in [3.05, 3.63) is 11.6 Å². The first-order chi connectivity index (χ1) is 8.60. The average molecular weight is 276 g/mol. The van der Waals surface area contributed by atoms with E-state index in [2.05, 4.69) is 5.32 Å². The van der Waals surface area contributed by atoms with Crippen molar-refractivity contribution in [1.29, 1.82) is 0 Å². The van der Waals surface area contributed by atoms with Crippen LogP contribution in [0, 0.1) is 0 Å². The molecule has 5 nitrogen and oxygen atoms in total. The number of ether oxygens (including phenoxy) is 1. The van der Waals surface area contributed by atoms with Crippen LogP contribution in [0.4, 0.5) is 0 Å². The molecule has 0 radical (unpaired) electrons. The number of methoxy groups -OCH3 is 1. The third-order valence-corrected chi connectivity index (χ3v) is 4.99. The molecule has 1 N–H and O–H groups in total. The second-order valence-electron chi connectivity index (χ2n) is 4.53. The molecule has 0 atom stereocenters. The van der Waals surface area contributed by atoms with Crippen molar-refractivity contribution in [2.45, 2.75) is 19.3 Å². The normalized spacial score (nSPS) is 17.8. The Balaban J connectivity index is 2.40. The minimum atomic E-state index is -3.08. The molecule has 0 unspecified atom stereocenters. The van der Waals surface area contributed by atoms with Gasteiger partial charge in [0.2, 0.25) is 10.0 Å². The number of hydrogen-bond donors (Lipinski definition) is 1.